The van der Waals surface area contributed by atoms with Crippen molar-refractivity contribution in [1.29, 1.82) is 0 Å². The predicted octanol–water partition coefficient (Wildman–Crippen LogP) is -1.36. The average Bonchev–Trinajstić information content (AvgIpc) is 2.61. The SMILES string of the molecule is CCC(CO)NC(=O)Cc1nnnn1C. The third-order valence-electron chi connectivity index (χ3n) is 2.10. The van der Waals surface area contributed by atoms with Gasteiger partial charge in [-0.25, -0.2) is 4.68 Å². The molecule has 0 spiro atoms. The molecule has 84 valence electrons. The first-order valence-corrected chi connectivity index (χ1v) is 4.78. The highest BCUT2D eigenvalue weighted by molar-refractivity contribution is 5.78. The molecule has 1 heterocycles. The summed E-state index contributed by atoms with van der Waals surface area (Å²) >= 11 is 0. The van der Waals surface area contributed by atoms with Crippen LogP contribution in [0.15, 0.2) is 0 Å². The van der Waals surface area contributed by atoms with Crippen LogP contribution in [0.2, 0.25) is 0 Å². The highest BCUT2D eigenvalue weighted by Crippen LogP contribution is 1.93. The molecule has 0 saturated carbocycles. The number of nitrogens with zero attached hydrogens (tertiary/aromatic N) is 4. The van der Waals surface area contributed by atoms with Crippen molar-refractivity contribution in [3.63, 3.8) is 0 Å². The molecule has 0 fully saturated rings. The molecule has 0 radical (unpaired) electrons. The monoisotopic (exact) mass is 213 g/mol. The van der Waals surface area contributed by atoms with E-state index in [1.807, 2.05) is 6.92 Å². The zero-order valence-electron chi connectivity index (χ0n) is 8.84. The molecule has 0 bridgehead atoms. The Morgan fingerprint density at radius 3 is 2.87 bits per heavy atom. The molecule has 2 N–H and O–H groups in total. The maximum atomic E-state index is 11.5. The maximum Gasteiger partial charge on any atom is 0.228 e. The Kier molecular flexibility index (Phi) is 4.17. The summed E-state index contributed by atoms with van der Waals surface area (Å²) in [5.41, 5.74) is 0. The van der Waals surface area contributed by atoms with Gasteiger partial charge in [0, 0.05) is 7.05 Å². The maximum absolute atomic E-state index is 11.5. The molecule has 0 aliphatic carbocycles. The van der Waals surface area contributed by atoms with Crippen molar-refractivity contribution in [2.75, 3.05) is 6.61 Å². The Morgan fingerprint density at radius 2 is 2.40 bits per heavy atom. The van der Waals surface area contributed by atoms with Crippen molar-refractivity contribution in [3.05, 3.63) is 5.82 Å². The molecule has 0 saturated heterocycles. The van der Waals surface area contributed by atoms with Crippen LogP contribution in [0.5, 0.6) is 0 Å². The second kappa shape index (κ2) is 5.40. The van der Waals surface area contributed by atoms with E-state index in [0.29, 0.717) is 12.2 Å². The van der Waals surface area contributed by atoms with E-state index in [9.17, 15) is 4.79 Å². The number of tetrazole rings is 1. The first kappa shape index (κ1) is 11.6. The summed E-state index contributed by atoms with van der Waals surface area (Å²) in [4.78, 5) is 11.5. The Morgan fingerprint density at radius 1 is 1.67 bits per heavy atom. The molecule has 0 aromatic carbocycles. The molecule has 1 aromatic rings. The fourth-order valence-electron chi connectivity index (χ4n) is 1.10. The van der Waals surface area contributed by atoms with E-state index in [1.54, 1.807) is 7.05 Å². The molecule has 1 aromatic heterocycles. The number of carbonyl (C=O) groups is 1. The number of aliphatic hydroxyl groups is 1. The number of hydrogen-bond acceptors (Lipinski definition) is 5. The lowest BCUT2D eigenvalue weighted by Gasteiger charge is -2.13. The lowest BCUT2D eigenvalue weighted by Crippen LogP contribution is -2.38. The van der Waals surface area contributed by atoms with Crippen LogP contribution in [0.25, 0.3) is 0 Å². The third kappa shape index (κ3) is 3.28. The largest absolute Gasteiger partial charge is 0.394 e. The Hall–Kier alpha value is -1.50. The second-order valence-electron chi connectivity index (χ2n) is 3.25. The highest BCUT2D eigenvalue weighted by atomic mass is 16.3. The van der Waals surface area contributed by atoms with Crippen molar-refractivity contribution in [2.45, 2.75) is 25.8 Å². The molecule has 1 atom stereocenters. The standard InChI is InChI=1S/C8H15N5O2/c1-3-6(5-14)9-8(15)4-7-10-11-12-13(7)2/h6,14H,3-5H2,1-2H3,(H,9,15). The van der Waals surface area contributed by atoms with Crippen molar-refractivity contribution in [2.24, 2.45) is 7.05 Å². The van der Waals surface area contributed by atoms with Gasteiger partial charge in [-0.3, -0.25) is 4.79 Å². The summed E-state index contributed by atoms with van der Waals surface area (Å²) in [5, 5.41) is 22.3. The number of rotatable bonds is 5. The summed E-state index contributed by atoms with van der Waals surface area (Å²) in [5.74, 6) is 0.314. The van der Waals surface area contributed by atoms with Crippen molar-refractivity contribution in [3.8, 4) is 0 Å². The van der Waals surface area contributed by atoms with Gasteiger partial charge in [0.1, 0.15) is 0 Å². The van der Waals surface area contributed by atoms with Crippen LogP contribution in [0, 0.1) is 0 Å². The third-order valence-corrected chi connectivity index (χ3v) is 2.10. The highest BCUT2D eigenvalue weighted by Gasteiger charge is 2.12. The van der Waals surface area contributed by atoms with Crippen molar-refractivity contribution < 1.29 is 9.90 Å². The van der Waals surface area contributed by atoms with Crippen LogP contribution in [0.4, 0.5) is 0 Å². The van der Waals surface area contributed by atoms with E-state index >= 15 is 0 Å². The van der Waals surface area contributed by atoms with E-state index in [0.717, 1.165) is 0 Å². The molecule has 1 unspecified atom stereocenters. The van der Waals surface area contributed by atoms with Gasteiger partial charge in [0.2, 0.25) is 5.91 Å². The number of amides is 1. The van der Waals surface area contributed by atoms with E-state index in [1.165, 1.54) is 4.68 Å². The molecule has 7 heteroatoms. The summed E-state index contributed by atoms with van der Waals surface area (Å²) in [6.07, 6.45) is 0.819. The van der Waals surface area contributed by atoms with E-state index in [-0.39, 0.29) is 25.0 Å². The minimum absolute atomic E-state index is 0.0562. The van der Waals surface area contributed by atoms with Crippen LogP contribution in [0.3, 0.4) is 0 Å². The summed E-state index contributed by atoms with van der Waals surface area (Å²) in [6, 6.07) is -0.196. The smallest absolute Gasteiger partial charge is 0.228 e. The number of nitrogens with one attached hydrogen (secondary N) is 1. The van der Waals surface area contributed by atoms with Crippen molar-refractivity contribution >= 4 is 5.91 Å². The van der Waals surface area contributed by atoms with E-state index in [2.05, 4.69) is 20.8 Å². The van der Waals surface area contributed by atoms with Gasteiger partial charge >= 0.3 is 0 Å². The van der Waals surface area contributed by atoms with Gasteiger partial charge in [-0.15, -0.1) is 5.10 Å². The number of aromatic nitrogens is 4. The molecule has 7 nitrogen and oxygen atoms in total. The van der Waals surface area contributed by atoms with Crippen LogP contribution in [0.1, 0.15) is 19.2 Å². The molecule has 0 aliphatic heterocycles. The van der Waals surface area contributed by atoms with E-state index in [4.69, 9.17) is 5.11 Å². The lowest BCUT2D eigenvalue weighted by molar-refractivity contribution is -0.121. The Bertz CT molecular complexity index is 321. The topological polar surface area (TPSA) is 92.9 Å². The summed E-state index contributed by atoms with van der Waals surface area (Å²) in [7, 11) is 1.67. The molecular weight excluding hydrogens is 198 g/mol. The zero-order valence-corrected chi connectivity index (χ0v) is 8.84. The lowest BCUT2D eigenvalue weighted by atomic mass is 10.2. The van der Waals surface area contributed by atoms with Gasteiger partial charge in [-0.2, -0.15) is 0 Å². The van der Waals surface area contributed by atoms with Gasteiger partial charge in [-0.1, -0.05) is 6.92 Å². The van der Waals surface area contributed by atoms with Crippen LogP contribution in [-0.4, -0.2) is 43.9 Å². The van der Waals surface area contributed by atoms with E-state index < -0.39 is 0 Å². The fraction of sp³-hybridized carbons (Fsp3) is 0.750. The van der Waals surface area contributed by atoms with Crippen LogP contribution >= 0.6 is 0 Å². The Labute approximate surface area is 87.5 Å². The summed E-state index contributed by atoms with van der Waals surface area (Å²) in [6.45, 7) is 1.84. The molecule has 1 rings (SSSR count). The Balaban J connectivity index is 2.46. The molecule has 0 aliphatic rings. The normalized spacial score (nSPS) is 12.5. The van der Waals surface area contributed by atoms with Gasteiger partial charge in [-0.05, 0) is 16.8 Å². The molecular formula is C8H15N5O2. The van der Waals surface area contributed by atoms with Gasteiger partial charge in [0.05, 0.1) is 19.1 Å². The first-order valence-electron chi connectivity index (χ1n) is 4.78. The van der Waals surface area contributed by atoms with Crippen molar-refractivity contribution in [1.82, 2.24) is 25.5 Å². The average molecular weight is 213 g/mol. The molecule has 15 heavy (non-hydrogen) atoms. The predicted molar refractivity (Wildman–Crippen MR) is 51.8 cm³/mol. The van der Waals surface area contributed by atoms with Crippen LogP contribution < -0.4 is 5.32 Å². The second-order valence-corrected chi connectivity index (χ2v) is 3.25. The minimum Gasteiger partial charge on any atom is -0.394 e. The zero-order chi connectivity index (χ0) is 11.3. The number of aliphatic hydroxyl groups excluding tert-OH is 1. The number of hydrogen-bond donors (Lipinski definition) is 2. The minimum atomic E-state index is -0.196. The van der Waals surface area contributed by atoms with Crippen LogP contribution in [-0.2, 0) is 18.3 Å². The summed E-state index contributed by atoms with van der Waals surface area (Å²) < 4.78 is 1.44. The number of aryl methyl sites for hydroxylation is 1. The van der Waals surface area contributed by atoms with Gasteiger partial charge in [0.25, 0.3) is 0 Å². The fourth-order valence-corrected chi connectivity index (χ4v) is 1.10. The van der Waals surface area contributed by atoms with Gasteiger partial charge in [0.15, 0.2) is 5.82 Å². The first-order chi connectivity index (χ1) is 7.17. The van der Waals surface area contributed by atoms with Gasteiger partial charge < -0.3 is 10.4 Å². The molecule has 1 amide bonds. The number of carbonyl (C=O) groups excluding carboxylic acids is 1. The quantitative estimate of drug-likeness (QED) is 0.630.